The van der Waals surface area contributed by atoms with Crippen molar-refractivity contribution in [2.75, 3.05) is 26.4 Å². The molecule has 0 unspecified atom stereocenters. The van der Waals surface area contributed by atoms with Crippen molar-refractivity contribution in [2.45, 2.75) is 0 Å². The zero-order valence-electron chi connectivity index (χ0n) is 7.46. The first-order chi connectivity index (χ1) is 6.93. The minimum absolute atomic E-state index is 0.391. The first kappa shape index (κ1) is 7.81. The summed E-state index contributed by atoms with van der Waals surface area (Å²) in [6.45, 7) is 2.32. The molecule has 2 N–H and O–H groups in total. The first-order valence-corrected chi connectivity index (χ1v) is 4.47. The van der Waals surface area contributed by atoms with Crippen molar-refractivity contribution in [3.05, 3.63) is 23.5 Å². The van der Waals surface area contributed by atoms with E-state index in [9.17, 15) is 0 Å². The van der Waals surface area contributed by atoms with E-state index in [-0.39, 0.29) is 0 Å². The zero-order chi connectivity index (χ0) is 9.38. The minimum Gasteiger partial charge on any atom is -0.459 e. The Morgan fingerprint density at radius 3 is 3.07 bits per heavy atom. The van der Waals surface area contributed by atoms with Crippen LogP contribution >= 0.6 is 0 Å². The highest BCUT2D eigenvalue weighted by molar-refractivity contribution is 5.13. The molecule has 0 aromatic carbocycles. The molecule has 0 saturated carbocycles. The van der Waals surface area contributed by atoms with Gasteiger partial charge in [0.15, 0.2) is 0 Å². The lowest BCUT2D eigenvalue weighted by atomic mass is 10.4. The maximum atomic E-state index is 5.46. The number of nitrogens with one attached hydrogen (secondary N) is 2. The molecule has 0 saturated heterocycles. The Morgan fingerprint density at radius 2 is 2.07 bits per heavy atom. The van der Waals surface area contributed by atoms with Crippen molar-refractivity contribution in [2.24, 2.45) is 0 Å². The molecule has 6 heteroatoms. The second kappa shape index (κ2) is 2.98. The van der Waals surface area contributed by atoms with Gasteiger partial charge in [-0.15, -0.1) is 0 Å². The van der Waals surface area contributed by atoms with Crippen LogP contribution in [0.15, 0.2) is 23.5 Å². The van der Waals surface area contributed by atoms with Crippen LogP contribution in [0.25, 0.3) is 0 Å². The fourth-order valence-electron chi connectivity index (χ4n) is 1.40. The molecule has 3 rings (SSSR count). The van der Waals surface area contributed by atoms with Gasteiger partial charge in [-0.2, -0.15) is 0 Å². The monoisotopic (exact) mass is 198 g/mol. The standard InChI is InChI=1S/C8H10N2O4/c1-2-11-8-6(10-1)14-7-5(13-8)3-9-4-12-7/h9-10H,1-4H2. The third-order valence-electron chi connectivity index (χ3n) is 2.04. The summed E-state index contributed by atoms with van der Waals surface area (Å²) >= 11 is 0. The largest absolute Gasteiger partial charge is 0.459 e. The van der Waals surface area contributed by atoms with Crippen LogP contribution in [-0.4, -0.2) is 26.4 Å². The maximum absolute atomic E-state index is 5.46. The predicted octanol–water partition coefficient (Wildman–Crippen LogP) is -0.474. The van der Waals surface area contributed by atoms with E-state index in [4.69, 9.17) is 18.9 Å². The number of ether oxygens (including phenoxy) is 4. The lowest BCUT2D eigenvalue weighted by Crippen LogP contribution is -2.36. The van der Waals surface area contributed by atoms with E-state index >= 15 is 0 Å². The van der Waals surface area contributed by atoms with Gasteiger partial charge in [0.05, 0.1) is 13.1 Å². The van der Waals surface area contributed by atoms with E-state index in [1.54, 1.807) is 0 Å². The van der Waals surface area contributed by atoms with Gasteiger partial charge in [0.1, 0.15) is 13.3 Å². The minimum atomic E-state index is 0.391. The summed E-state index contributed by atoms with van der Waals surface area (Å²) < 4.78 is 21.4. The third kappa shape index (κ3) is 1.15. The molecule has 3 heterocycles. The first-order valence-electron chi connectivity index (χ1n) is 4.47. The molecule has 14 heavy (non-hydrogen) atoms. The van der Waals surface area contributed by atoms with Crippen LogP contribution in [0.5, 0.6) is 0 Å². The molecule has 0 amide bonds. The summed E-state index contributed by atoms with van der Waals surface area (Å²) in [5.41, 5.74) is 0. The molecule has 6 nitrogen and oxygen atoms in total. The summed E-state index contributed by atoms with van der Waals surface area (Å²) in [5.74, 6) is 1.93. The molecular weight excluding hydrogens is 188 g/mol. The van der Waals surface area contributed by atoms with Gasteiger partial charge < -0.3 is 24.3 Å². The third-order valence-corrected chi connectivity index (χ3v) is 2.04. The van der Waals surface area contributed by atoms with Gasteiger partial charge in [0.2, 0.25) is 5.76 Å². The van der Waals surface area contributed by atoms with Crippen molar-refractivity contribution in [1.29, 1.82) is 0 Å². The number of hydrogen-bond acceptors (Lipinski definition) is 6. The fraction of sp³-hybridized carbons (Fsp3) is 0.500. The number of rotatable bonds is 0. The average Bonchev–Trinajstić information content (AvgIpc) is 2.26. The van der Waals surface area contributed by atoms with E-state index in [1.165, 1.54) is 0 Å². The predicted molar refractivity (Wildman–Crippen MR) is 44.1 cm³/mol. The van der Waals surface area contributed by atoms with Gasteiger partial charge in [-0.25, -0.2) is 0 Å². The van der Waals surface area contributed by atoms with Crippen molar-refractivity contribution in [3.63, 3.8) is 0 Å². The van der Waals surface area contributed by atoms with Crippen molar-refractivity contribution >= 4 is 0 Å². The Kier molecular flexibility index (Phi) is 1.66. The summed E-state index contributed by atoms with van der Waals surface area (Å²) in [6.07, 6.45) is 0. The second-order valence-corrected chi connectivity index (χ2v) is 3.02. The van der Waals surface area contributed by atoms with Gasteiger partial charge in [0.25, 0.3) is 5.88 Å². The van der Waals surface area contributed by atoms with Gasteiger partial charge in [-0.05, 0) is 0 Å². The Balaban J connectivity index is 1.84. The molecule has 0 fully saturated rings. The van der Waals surface area contributed by atoms with Gasteiger partial charge in [-0.1, -0.05) is 0 Å². The normalized spacial score (nSPS) is 24.6. The molecule has 3 aliphatic rings. The summed E-state index contributed by atoms with van der Waals surface area (Å²) in [4.78, 5) is 0. The second-order valence-electron chi connectivity index (χ2n) is 3.02. The lowest BCUT2D eigenvalue weighted by Gasteiger charge is -2.30. The highest BCUT2D eigenvalue weighted by atomic mass is 16.7. The Hall–Kier alpha value is -1.56. The molecule has 0 atom stereocenters. The maximum Gasteiger partial charge on any atom is 0.348 e. The van der Waals surface area contributed by atoms with Crippen LogP contribution in [0.1, 0.15) is 0 Å². The van der Waals surface area contributed by atoms with Crippen molar-refractivity contribution in [1.82, 2.24) is 10.6 Å². The Morgan fingerprint density at radius 1 is 1.07 bits per heavy atom. The van der Waals surface area contributed by atoms with Crippen molar-refractivity contribution < 1.29 is 18.9 Å². The zero-order valence-corrected chi connectivity index (χ0v) is 7.46. The fourth-order valence-corrected chi connectivity index (χ4v) is 1.40. The van der Waals surface area contributed by atoms with E-state index in [1.807, 2.05) is 0 Å². The smallest absolute Gasteiger partial charge is 0.348 e. The average molecular weight is 198 g/mol. The molecule has 0 bridgehead atoms. The van der Waals surface area contributed by atoms with E-state index in [0.717, 1.165) is 0 Å². The molecule has 0 aromatic rings. The van der Waals surface area contributed by atoms with Crippen LogP contribution in [0, 0.1) is 0 Å². The molecule has 0 radical (unpaired) electrons. The molecule has 3 aliphatic heterocycles. The van der Waals surface area contributed by atoms with Crippen LogP contribution in [0.2, 0.25) is 0 Å². The van der Waals surface area contributed by atoms with Crippen LogP contribution < -0.4 is 10.6 Å². The topological polar surface area (TPSA) is 61.0 Å². The van der Waals surface area contributed by atoms with E-state index < -0.39 is 0 Å². The summed E-state index contributed by atoms with van der Waals surface area (Å²) in [6, 6.07) is 0. The van der Waals surface area contributed by atoms with E-state index in [2.05, 4.69) is 10.6 Å². The molecule has 0 spiro atoms. The lowest BCUT2D eigenvalue weighted by molar-refractivity contribution is -0.0594. The highest BCUT2D eigenvalue weighted by Crippen LogP contribution is 2.27. The molecule has 76 valence electrons. The number of hydrogen-bond donors (Lipinski definition) is 2. The van der Waals surface area contributed by atoms with Gasteiger partial charge >= 0.3 is 11.9 Å². The quantitative estimate of drug-likeness (QED) is 0.548. The SMILES string of the molecule is C1COC2=C(N1)OC1=C(CNCO1)O2. The van der Waals surface area contributed by atoms with Crippen LogP contribution in [0.3, 0.4) is 0 Å². The van der Waals surface area contributed by atoms with Crippen molar-refractivity contribution in [3.8, 4) is 0 Å². The van der Waals surface area contributed by atoms with Crippen LogP contribution in [-0.2, 0) is 18.9 Å². The van der Waals surface area contributed by atoms with Gasteiger partial charge in [0, 0.05) is 0 Å². The molecule has 0 aromatic heterocycles. The summed E-state index contributed by atoms with van der Waals surface area (Å²) in [7, 11) is 0. The van der Waals surface area contributed by atoms with Gasteiger partial charge in [-0.3, -0.25) is 5.32 Å². The Bertz CT molecular complexity index is 263. The Labute approximate surface area is 80.5 Å². The molecular formula is C8H10N2O4. The highest BCUT2D eigenvalue weighted by Gasteiger charge is 2.30. The molecule has 0 aliphatic carbocycles. The van der Waals surface area contributed by atoms with E-state index in [0.29, 0.717) is 50.0 Å². The van der Waals surface area contributed by atoms with Crippen LogP contribution in [0.4, 0.5) is 0 Å². The summed E-state index contributed by atoms with van der Waals surface area (Å²) in [5, 5.41) is 6.02.